The molecule has 0 unspecified atom stereocenters. The van der Waals surface area contributed by atoms with Gasteiger partial charge in [-0.05, 0) is 42.0 Å². The van der Waals surface area contributed by atoms with Crippen LogP contribution in [0.3, 0.4) is 0 Å². The van der Waals surface area contributed by atoms with Crippen molar-refractivity contribution in [3.8, 4) is 16.8 Å². The van der Waals surface area contributed by atoms with Gasteiger partial charge in [-0.25, -0.2) is 4.98 Å². The number of benzene rings is 2. The van der Waals surface area contributed by atoms with Crippen LogP contribution in [0.25, 0.3) is 27.8 Å². The number of aromatic nitrogens is 2. The van der Waals surface area contributed by atoms with Crippen LogP contribution in [0, 0.1) is 0 Å². The van der Waals surface area contributed by atoms with E-state index in [1.165, 1.54) is 0 Å². The SMILES string of the molecule is Clc1ccc(-c2cnc3c(ccn3-c3ccccc3Cl)c2)cc1. The highest BCUT2D eigenvalue weighted by atomic mass is 35.5. The molecular formula is C19H12Cl2N2. The first-order valence-electron chi connectivity index (χ1n) is 7.20. The molecule has 0 fully saturated rings. The third-order valence-electron chi connectivity index (χ3n) is 3.82. The van der Waals surface area contributed by atoms with Crippen LogP contribution in [-0.2, 0) is 0 Å². The standard InChI is InChI=1S/C19H12Cl2N2/c20-16-7-5-13(6-8-16)15-11-14-9-10-23(19(14)22-12-15)18-4-2-1-3-17(18)21/h1-12H. The molecule has 4 aromatic rings. The maximum atomic E-state index is 6.30. The minimum absolute atomic E-state index is 0.702. The molecule has 0 atom stereocenters. The van der Waals surface area contributed by atoms with E-state index in [1.807, 2.05) is 71.6 Å². The van der Waals surface area contributed by atoms with Crippen molar-refractivity contribution in [3.05, 3.63) is 83.1 Å². The maximum Gasteiger partial charge on any atom is 0.144 e. The summed E-state index contributed by atoms with van der Waals surface area (Å²) in [5.74, 6) is 0. The molecule has 0 aliphatic heterocycles. The van der Waals surface area contributed by atoms with Crippen LogP contribution in [-0.4, -0.2) is 9.55 Å². The molecule has 0 N–H and O–H groups in total. The van der Waals surface area contributed by atoms with Crippen molar-refractivity contribution in [2.75, 3.05) is 0 Å². The van der Waals surface area contributed by atoms with E-state index in [1.54, 1.807) is 0 Å². The van der Waals surface area contributed by atoms with Gasteiger partial charge in [0.2, 0.25) is 0 Å². The predicted octanol–water partition coefficient (Wildman–Crippen LogP) is 6.00. The Morgan fingerprint density at radius 1 is 0.826 bits per heavy atom. The van der Waals surface area contributed by atoms with Gasteiger partial charge in [-0.15, -0.1) is 0 Å². The van der Waals surface area contributed by atoms with Gasteiger partial charge in [0, 0.05) is 28.4 Å². The zero-order valence-electron chi connectivity index (χ0n) is 12.1. The van der Waals surface area contributed by atoms with Crippen LogP contribution >= 0.6 is 23.2 Å². The van der Waals surface area contributed by atoms with Gasteiger partial charge in [-0.1, -0.05) is 47.5 Å². The second-order valence-electron chi connectivity index (χ2n) is 5.28. The molecule has 2 aromatic heterocycles. The lowest BCUT2D eigenvalue weighted by Gasteiger charge is -2.07. The maximum absolute atomic E-state index is 6.30. The van der Waals surface area contributed by atoms with E-state index in [4.69, 9.17) is 23.2 Å². The van der Waals surface area contributed by atoms with Gasteiger partial charge in [0.15, 0.2) is 0 Å². The molecule has 0 spiro atoms. The Hall–Kier alpha value is -2.29. The number of hydrogen-bond donors (Lipinski definition) is 0. The topological polar surface area (TPSA) is 17.8 Å². The molecule has 0 bridgehead atoms. The summed E-state index contributed by atoms with van der Waals surface area (Å²) in [5.41, 5.74) is 3.96. The Bertz CT molecular complexity index is 988. The van der Waals surface area contributed by atoms with Crippen molar-refractivity contribution < 1.29 is 0 Å². The third-order valence-corrected chi connectivity index (χ3v) is 4.39. The first-order valence-corrected chi connectivity index (χ1v) is 7.96. The third kappa shape index (κ3) is 2.61. The average molecular weight is 339 g/mol. The molecule has 2 heterocycles. The first kappa shape index (κ1) is 14.3. The first-order chi connectivity index (χ1) is 11.2. The van der Waals surface area contributed by atoms with E-state index in [2.05, 4.69) is 11.1 Å². The summed E-state index contributed by atoms with van der Waals surface area (Å²) >= 11 is 12.2. The minimum Gasteiger partial charge on any atom is -0.300 e. The smallest absolute Gasteiger partial charge is 0.144 e. The Morgan fingerprint density at radius 3 is 2.39 bits per heavy atom. The van der Waals surface area contributed by atoms with Gasteiger partial charge in [-0.2, -0.15) is 0 Å². The van der Waals surface area contributed by atoms with Gasteiger partial charge in [-0.3, -0.25) is 4.57 Å². The zero-order chi connectivity index (χ0) is 15.8. The molecule has 4 rings (SSSR count). The number of rotatable bonds is 2. The van der Waals surface area contributed by atoms with E-state index in [0.717, 1.165) is 32.9 Å². The molecule has 112 valence electrons. The Labute approximate surface area is 143 Å². The Balaban J connectivity index is 1.83. The number of para-hydroxylation sites is 1. The Morgan fingerprint density at radius 2 is 1.61 bits per heavy atom. The van der Waals surface area contributed by atoms with Gasteiger partial charge in [0.1, 0.15) is 5.65 Å². The van der Waals surface area contributed by atoms with E-state index >= 15 is 0 Å². The van der Waals surface area contributed by atoms with Crippen LogP contribution in [0.1, 0.15) is 0 Å². The van der Waals surface area contributed by atoms with Gasteiger partial charge in [0.05, 0.1) is 10.7 Å². The summed E-state index contributed by atoms with van der Waals surface area (Å²) in [5, 5.41) is 2.50. The minimum atomic E-state index is 0.702. The lowest BCUT2D eigenvalue weighted by atomic mass is 10.1. The molecule has 0 saturated carbocycles. The van der Waals surface area contributed by atoms with E-state index in [9.17, 15) is 0 Å². The van der Waals surface area contributed by atoms with Crippen molar-refractivity contribution in [1.82, 2.24) is 9.55 Å². The molecule has 4 heteroatoms. The van der Waals surface area contributed by atoms with E-state index in [-0.39, 0.29) is 0 Å². The number of nitrogens with zero attached hydrogens (tertiary/aromatic N) is 2. The fourth-order valence-electron chi connectivity index (χ4n) is 2.67. The average Bonchev–Trinajstić information content (AvgIpc) is 2.99. The highest BCUT2D eigenvalue weighted by molar-refractivity contribution is 6.32. The fraction of sp³-hybridized carbons (Fsp3) is 0. The molecule has 0 aliphatic rings. The largest absolute Gasteiger partial charge is 0.300 e. The predicted molar refractivity (Wildman–Crippen MR) is 96.5 cm³/mol. The lowest BCUT2D eigenvalue weighted by Crippen LogP contribution is -1.94. The molecule has 0 radical (unpaired) electrons. The van der Waals surface area contributed by atoms with Crippen molar-refractivity contribution in [1.29, 1.82) is 0 Å². The quantitative estimate of drug-likeness (QED) is 0.438. The Kier molecular flexibility index (Phi) is 3.56. The van der Waals surface area contributed by atoms with Crippen LogP contribution in [0.5, 0.6) is 0 Å². The molecule has 0 saturated heterocycles. The van der Waals surface area contributed by atoms with Crippen LogP contribution < -0.4 is 0 Å². The molecule has 0 amide bonds. The van der Waals surface area contributed by atoms with Gasteiger partial charge < -0.3 is 0 Å². The zero-order valence-corrected chi connectivity index (χ0v) is 13.6. The highest BCUT2D eigenvalue weighted by Crippen LogP contribution is 2.28. The second kappa shape index (κ2) is 5.73. The van der Waals surface area contributed by atoms with Gasteiger partial charge in [0.25, 0.3) is 0 Å². The van der Waals surface area contributed by atoms with Gasteiger partial charge >= 0.3 is 0 Å². The van der Waals surface area contributed by atoms with Crippen LogP contribution in [0.15, 0.2) is 73.1 Å². The molecule has 0 aliphatic carbocycles. The number of fused-ring (bicyclic) bond motifs is 1. The van der Waals surface area contributed by atoms with Crippen LogP contribution in [0.2, 0.25) is 10.0 Å². The summed E-state index contributed by atoms with van der Waals surface area (Å²) in [7, 11) is 0. The van der Waals surface area contributed by atoms with Crippen molar-refractivity contribution in [3.63, 3.8) is 0 Å². The summed E-state index contributed by atoms with van der Waals surface area (Å²) in [4.78, 5) is 4.63. The van der Waals surface area contributed by atoms with Crippen LogP contribution in [0.4, 0.5) is 0 Å². The molecular weight excluding hydrogens is 327 g/mol. The summed E-state index contributed by atoms with van der Waals surface area (Å²) in [6.45, 7) is 0. The van der Waals surface area contributed by atoms with Crippen molar-refractivity contribution in [2.24, 2.45) is 0 Å². The summed E-state index contributed by atoms with van der Waals surface area (Å²) in [6.07, 6.45) is 3.86. The number of hydrogen-bond acceptors (Lipinski definition) is 1. The summed E-state index contributed by atoms with van der Waals surface area (Å²) in [6, 6.07) is 19.7. The number of halogens is 2. The van der Waals surface area contributed by atoms with Crippen molar-refractivity contribution >= 4 is 34.2 Å². The second-order valence-corrected chi connectivity index (χ2v) is 6.12. The molecule has 2 nitrogen and oxygen atoms in total. The van der Waals surface area contributed by atoms with E-state index in [0.29, 0.717) is 5.02 Å². The van der Waals surface area contributed by atoms with Crippen molar-refractivity contribution in [2.45, 2.75) is 0 Å². The monoisotopic (exact) mass is 338 g/mol. The van der Waals surface area contributed by atoms with E-state index < -0.39 is 0 Å². The summed E-state index contributed by atoms with van der Waals surface area (Å²) < 4.78 is 2.00. The molecule has 2 aromatic carbocycles. The highest BCUT2D eigenvalue weighted by Gasteiger charge is 2.09. The molecule has 23 heavy (non-hydrogen) atoms. The fourth-order valence-corrected chi connectivity index (χ4v) is 3.02. The normalized spacial score (nSPS) is 11.0. The number of pyridine rings is 1. The lowest BCUT2D eigenvalue weighted by molar-refractivity contribution is 1.09.